The Morgan fingerprint density at radius 1 is 0.868 bits per heavy atom. The third-order valence-electron chi connectivity index (χ3n) is 8.94. The summed E-state index contributed by atoms with van der Waals surface area (Å²) in [5, 5.41) is 23.3. The van der Waals surface area contributed by atoms with Gasteiger partial charge in [0.2, 0.25) is 0 Å². The number of carbonyl (C=O) groups is 4. The fourth-order valence-corrected chi connectivity index (χ4v) is 6.93. The lowest BCUT2D eigenvalue weighted by Gasteiger charge is -2.61. The average molecular weight is 537 g/mol. The van der Waals surface area contributed by atoms with E-state index < -0.39 is 76.7 Å². The van der Waals surface area contributed by atoms with Crippen LogP contribution in [0.4, 0.5) is 0 Å². The molecule has 0 aromatic heterocycles. The minimum atomic E-state index is -1.55. The molecule has 10 heteroatoms. The van der Waals surface area contributed by atoms with Crippen molar-refractivity contribution in [2.45, 2.75) is 111 Å². The molecule has 0 aromatic rings. The Balaban J connectivity index is 2.41. The van der Waals surface area contributed by atoms with Gasteiger partial charge in [0, 0.05) is 46.0 Å². The van der Waals surface area contributed by atoms with Crippen molar-refractivity contribution in [1.29, 1.82) is 0 Å². The SMILES string of the molecule is C=C1[C@@H](OC(C)=O)C[C@H](OC(C)=O)[C@]2(C)[C@@H]1C[C@]1(O)C[C@H](O)C(C)=C([C@@H](OC(C)=O)[C@@H]2OC(C)=O)C1(C)C. The largest absolute Gasteiger partial charge is 0.462 e. The number of aliphatic hydroxyl groups excluding tert-OH is 1. The Hall–Kier alpha value is -2.72. The summed E-state index contributed by atoms with van der Waals surface area (Å²) in [6, 6.07) is 0. The normalized spacial score (nSPS) is 38.2. The van der Waals surface area contributed by atoms with Crippen molar-refractivity contribution in [2.75, 3.05) is 0 Å². The van der Waals surface area contributed by atoms with E-state index in [1.54, 1.807) is 27.7 Å². The number of carbonyl (C=O) groups excluding carboxylic acids is 4. The standard InChI is InChI=1S/C28H40O10/c1-13-19-11-28(34)12-20(33)14(2)23(26(28,7)8)24(37-17(5)31)25(38-18(6)32)27(19,9)22(36-16(4)30)10-21(13)35-15(3)29/h19-22,24-25,33-34H,1,10-12H2,2-9H3/t19-,20+,21+,22+,24-,25+,27+,28+/m1/s1. The second kappa shape index (κ2) is 10.1. The molecule has 212 valence electrons. The van der Waals surface area contributed by atoms with E-state index in [9.17, 15) is 29.4 Å². The zero-order valence-corrected chi connectivity index (χ0v) is 23.5. The van der Waals surface area contributed by atoms with Gasteiger partial charge in [0.05, 0.1) is 17.1 Å². The molecule has 3 aliphatic carbocycles. The zero-order chi connectivity index (χ0) is 29.0. The minimum absolute atomic E-state index is 0.0171. The van der Waals surface area contributed by atoms with Crippen molar-refractivity contribution in [3.05, 3.63) is 23.3 Å². The van der Waals surface area contributed by atoms with Crippen molar-refractivity contribution >= 4 is 23.9 Å². The quantitative estimate of drug-likeness (QED) is 0.312. The van der Waals surface area contributed by atoms with Crippen LogP contribution in [0.25, 0.3) is 0 Å². The van der Waals surface area contributed by atoms with Gasteiger partial charge in [-0.1, -0.05) is 27.4 Å². The van der Waals surface area contributed by atoms with Gasteiger partial charge in [0.1, 0.15) is 12.2 Å². The summed E-state index contributed by atoms with van der Waals surface area (Å²) in [4.78, 5) is 49.3. The van der Waals surface area contributed by atoms with Gasteiger partial charge in [-0.3, -0.25) is 19.2 Å². The third-order valence-corrected chi connectivity index (χ3v) is 8.94. The van der Waals surface area contributed by atoms with Crippen molar-refractivity contribution in [1.82, 2.24) is 0 Å². The molecule has 2 bridgehead atoms. The van der Waals surface area contributed by atoms with Crippen LogP contribution in [-0.4, -0.2) is 70.2 Å². The van der Waals surface area contributed by atoms with Gasteiger partial charge in [-0.15, -0.1) is 0 Å². The summed E-state index contributed by atoms with van der Waals surface area (Å²) >= 11 is 0. The molecule has 3 rings (SSSR count). The van der Waals surface area contributed by atoms with Gasteiger partial charge in [0.15, 0.2) is 12.2 Å². The number of aliphatic hydroxyl groups is 2. The van der Waals surface area contributed by atoms with Crippen molar-refractivity contribution in [3.63, 3.8) is 0 Å². The molecule has 2 fully saturated rings. The summed E-state index contributed by atoms with van der Waals surface area (Å²) in [7, 11) is 0. The van der Waals surface area contributed by atoms with E-state index in [0.717, 1.165) is 0 Å². The molecule has 0 saturated heterocycles. The lowest BCUT2D eigenvalue weighted by Crippen LogP contribution is -2.68. The molecular weight excluding hydrogens is 496 g/mol. The Bertz CT molecular complexity index is 1070. The number of fused-ring (bicyclic) bond motifs is 3. The highest BCUT2D eigenvalue weighted by Crippen LogP contribution is 2.62. The molecule has 0 aliphatic heterocycles. The first-order valence-corrected chi connectivity index (χ1v) is 12.9. The summed E-state index contributed by atoms with van der Waals surface area (Å²) < 4.78 is 23.1. The second-order valence-electron chi connectivity index (χ2n) is 11.7. The van der Waals surface area contributed by atoms with E-state index in [-0.39, 0.29) is 19.3 Å². The number of esters is 4. The highest BCUT2D eigenvalue weighted by molar-refractivity contribution is 5.69. The van der Waals surface area contributed by atoms with Gasteiger partial charge in [-0.25, -0.2) is 0 Å². The van der Waals surface area contributed by atoms with E-state index in [0.29, 0.717) is 16.7 Å². The van der Waals surface area contributed by atoms with Crippen LogP contribution in [-0.2, 0) is 38.1 Å². The number of ether oxygens (including phenoxy) is 4. The number of hydrogen-bond donors (Lipinski definition) is 2. The second-order valence-corrected chi connectivity index (χ2v) is 11.7. The molecule has 0 heterocycles. The van der Waals surface area contributed by atoms with Gasteiger partial charge < -0.3 is 29.2 Å². The molecule has 0 radical (unpaired) electrons. The molecular formula is C28H40O10. The molecule has 2 N–H and O–H groups in total. The molecule has 10 nitrogen and oxygen atoms in total. The van der Waals surface area contributed by atoms with Crippen molar-refractivity contribution in [2.24, 2.45) is 16.7 Å². The van der Waals surface area contributed by atoms with Crippen molar-refractivity contribution < 1.29 is 48.3 Å². The zero-order valence-electron chi connectivity index (χ0n) is 23.5. The van der Waals surface area contributed by atoms with Gasteiger partial charge in [0.25, 0.3) is 0 Å². The maximum absolute atomic E-state index is 12.5. The van der Waals surface area contributed by atoms with Crippen LogP contribution in [0.1, 0.15) is 74.7 Å². The third kappa shape index (κ3) is 4.88. The highest BCUT2D eigenvalue weighted by atomic mass is 16.6. The van der Waals surface area contributed by atoms with Crippen LogP contribution < -0.4 is 0 Å². The lowest BCUT2D eigenvalue weighted by molar-refractivity contribution is -0.224. The van der Waals surface area contributed by atoms with E-state index in [4.69, 9.17) is 18.9 Å². The Kier molecular flexibility index (Phi) is 7.94. The van der Waals surface area contributed by atoms with Crippen molar-refractivity contribution in [3.8, 4) is 0 Å². The summed E-state index contributed by atoms with van der Waals surface area (Å²) in [6.07, 6.45) is -5.29. The Morgan fingerprint density at radius 3 is 1.89 bits per heavy atom. The molecule has 0 spiro atoms. The van der Waals surface area contributed by atoms with Crippen LogP contribution in [0.15, 0.2) is 23.3 Å². The first-order chi connectivity index (χ1) is 17.4. The summed E-state index contributed by atoms with van der Waals surface area (Å²) in [5.41, 5.74) is -2.49. The van der Waals surface area contributed by atoms with E-state index in [1.807, 2.05) is 0 Å². The van der Waals surface area contributed by atoms with Crippen LogP contribution in [0, 0.1) is 16.7 Å². The fraction of sp³-hybridized carbons (Fsp3) is 0.714. The fourth-order valence-electron chi connectivity index (χ4n) is 6.93. The first-order valence-electron chi connectivity index (χ1n) is 12.9. The molecule has 0 amide bonds. The van der Waals surface area contributed by atoms with Gasteiger partial charge in [-0.05, 0) is 36.0 Å². The Labute approximate surface area is 223 Å². The topological polar surface area (TPSA) is 146 Å². The van der Waals surface area contributed by atoms with Crippen LogP contribution in [0.5, 0.6) is 0 Å². The monoisotopic (exact) mass is 536 g/mol. The van der Waals surface area contributed by atoms with Gasteiger partial charge in [-0.2, -0.15) is 0 Å². The van der Waals surface area contributed by atoms with E-state index in [2.05, 4.69) is 6.58 Å². The first kappa shape index (κ1) is 29.8. The molecule has 0 unspecified atom stereocenters. The number of rotatable bonds is 4. The predicted molar refractivity (Wildman–Crippen MR) is 134 cm³/mol. The maximum atomic E-state index is 12.5. The average Bonchev–Trinajstić information content (AvgIpc) is 2.75. The summed E-state index contributed by atoms with van der Waals surface area (Å²) in [6.45, 7) is 16.2. The number of hydrogen-bond acceptors (Lipinski definition) is 10. The molecule has 0 aromatic carbocycles. The van der Waals surface area contributed by atoms with Crippen LogP contribution in [0.2, 0.25) is 0 Å². The predicted octanol–water partition coefficient (Wildman–Crippen LogP) is 2.54. The summed E-state index contributed by atoms with van der Waals surface area (Å²) in [5.74, 6) is -3.24. The van der Waals surface area contributed by atoms with Crippen LogP contribution in [0.3, 0.4) is 0 Å². The molecule has 3 aliphatic rings. The Morgan fingerprint density at radius 2 is 1.39 bits per heavy atom. The lowest BCUT2D eigenvalue weighted by atomic mass is 9.48. The molecule has 2 saturated carbocycles. The molecule has 8 atom stereocenters. The van der Waals surface area contributed by atoms with Gasteiger partial charge >= 0.3 is 23.9 Å². The highest BCUT2D eigenvalue weighted by Gasteiger charge is 2.67. The van der Waals surface area contributed by atoms with E-state index in [1.165, 1.54) is 27.7 Å². The van der Waals surface area contributed by atoms with Crippen LogP contribution >= 0.6 is 0 Å². The van der Waals surface area contributed by atoms with E-state index >= 15 is 0 Å². The smallest absolute Gasteiger partial charge is 0.303 e. The maximum Gasteiger partial charge on any atom is 0.303 e. The minimum Gasteiger partial charge on any atom is -0.462 e. The molecule has 38 heavy (non-hydrogen) atoms.